The van der Waals surface area contributed by atoms with Gasteiger partial charge in [0.25, 0.3) is 11.5 Å². The zero-order valence-corrected chi connectivity index (χ0v) is 30.7. The fourth-order valence-corrected chi connectivity index (χ4v) is 6.26. The van der Waals surface area contributed by atoms with Gasteiger partial charge in [0.15, 0.2) is 5.75 Å². The standard InChI is InChI=1S/C39H49ClFN3O8/c1-2-3-4-5-6-7-8-9-10-11-12-13-14-15-16-22-35(45)51-32-25-33(42-26-30(32)40)52-38(48)29-20-17-19-28(24-29)36(46)44-37(47)31(41)27-43(39(44)49)34-21-18-23-50-34/h17,19-20,24-27,34H,2-16,18,21-23H2,1H3. The molecule has 52 heavy (non-hydrogen) atoms. The third-order valence-corrected chi connectivity index (χ3v) is 9.32. The molecule has 0 bridgehead atoms. The number of nitrogens with zero attached hydrogens (tertiary/aromatic N) is 3. The van der Waals surface area contributed by atoms with Gasteiger partial charge < -0.3 is 14.2 Å². The Bertz CT molecular complexity index is 1770. The first-order valence-electron chi connectivity index (χ1n) is 18.6. The molecule has 3 heterocycles. The van der Waals surface area contributed by atoms with Crippen LogP contribution in [0.5, 0.6) is 11.6 Å². The average Bonchev–Trinajstić information content (AvgIpc) is 3.68. The lowest BCUT2D eigenvalue weighted by molar-refractivity contribution is -0.134. The maximum atomic E-state index is 14.5. The van der Waals surface area contributed by atoms with Crippen LogP contribution in [-0.2, 0) is 9.53 Å². The van der Waals surface area contributed by atoms with Gasteiger partial charge in [-0.1, -0.05) is 114 Å². The molecule has 282 valence electrons. The van der Waals surface area contributed by atoms with Gasteiger partial charge in [-0.25, -0.2) is 14.6 Å². The number of esters is 2. The van der Waals surface area contributed by atoms with Crippen molar-refractivity contribution in [3.05, 3.63) is 85.5 Å². The molecule has 0 spiro atoms. The van der Waals surface area contributed by atoms with E-state index in [0.29, 0.717) is 25.9 Å². The molecule has 0 radical (unpaired) electrons. The number of hydrogen-bond acceptors (Lipinski definition) is 9. The summed E-state index contributed by atoms with van der Waals surface area (Å²) in [4.78, 5) is 68.3. The smallest absolute Gasteiger partial charge is 0.344 e. The van der Waals surface area contributed by atoms with Crippen LogP contribution in [0.1, 0.15) is 149 Å². The van der Waals surface area contributed by atoms with Crippen molar-refractivity contribution in [2.75, 3.05) is 6.61 Å². The predicted molar refractivity (Wildman–Crippen MR) is 195 cm³/mol. The van der Waals surface area contributed by atoms with Gasteiger partial charge in [-0.05, 0) is 37.5 Å². The molecule has 1 saturated heterocycles. The lowest BCUT2D eigenvalue weighted by Gasteiger charge is -2.15. The van der Waals surface area contributed by atoms with E-state index >= 15 is 0 Å². The number of unbranched alkanes of at least 4 members (excludes halogenated alkanes) is 14. The number of halogens is 2. The van der Waals surface area contributed by atoms with Crippen LogP contribution >= 0.6 is 11.6 Å². The highest BCUT2D eigenvalue weighted by Gasteiger charge is 2.26. The van der Waals surface area contributed by atoms with Crippen molar-refractivity contribution in [1.29, 1.82) is 0 Å². The lowest BCUT2D eigenvalue weighted by Crippen LogP contribution is -2.46. The number of pyridine rings is 1. The average molecular weight is 742 g/mol. The van der Waals surface area contributed by atoms with E-state index in [4.69, 9.17) is 25.8 Å². The molecule has 1 aromatic carbocycles. The second-order valence-corrected chi connectivity index (χ2v) is 13.6. The number of carbonyl (C=O) groups is 3. The first-order valence-corrected chi connectivity index (χ1v) is 19.0. The van der Waals surface area contributed by atoms with E-state index < -0.39 is 41.1 Å². The third-order valence-electron chi connectivity index (χ3n) is 9.04. The van der Waals surface area contributed by atoms with Crippen LogP contribution in [0.3, 0.4) is 0 Å². The molecule has 2 aromatic heterocycles. The highest BCUT2D eigenvalue weighted by molar-refractivity contribution is 6.32. The van der Waals surface area contributed by atoms with E-state index in [1.165, 1.54) is 101 Å². The van der Waals surface area contributed by atoms with E-state index in [9.17, 15) is 28.4 Å². The second kappa shape index (κ2) is 21.4. The Hall–Kier alpha value is -4.16. The van der Waals surface area contributed by atoms with Crippen molar-refractivity contribution < 1.29 is 33.0 Å². The van der Waals surface area contributed by atoms with Gasteiger partial charge in [0.2, 0.25) is 11.7 Å². The molecule has 0 saturated carbocycles. The first kappa shape index (κ1) is 40.6. The van der Waals surface area contributed by atoms with E-state index in [1.54, 1.807) is 0 Å². The van der Waals surface area contributed by atoms with Crippen LogP contribution in [0.15, 0.2) is 52.3 Å². The topological polar surface area (TPSA) is 136 Å². The maximum Gasteiger partial charge on any atom is 0.344 e. The van der Waals surface area contributed by atoms with Crippen molar-refractivity contribution in [2.24, 2.45) is 0 Å². The first-order chi connectivity index (χ1) is 25.2. The SMILES string of the molecule is CCCCCCCCCCCCCCCCCC(=O)Oc1cc(OC(=O)c2cccc(C(=O)n3c(=O)c(F)cn(C4CCCO4)c3=O)c2)ncc1Cl. The summed E-state index contributed by atoms with van der Waals surface area (Å²) in [7, 11) is 0. The number of benzene rings is 1. The number of rotatable bonds is 21. The zero-order valence-electron chi connectivity index (χ0n) is 29.9. The Morgan fingerprint density at radius 1 is 0.885 bits per heavy atom. The zero-order chi connectivity index (χ0) is 37.3. The van der Waals surface area contributed by atoms with E-state index in [2.05, 4.69) is 11.9 Å². The predicted octanol–water partition coefficient (Wildman–Crippen LogP) is 8.58. The van der Waals surface area contributed by atoms with E-state index in [-0.39, 0.29) is 38.8 Å². The Balaban J connectivity index is 1.22. The van der Waals surface area contributed by atoms with Crippen LogP contribution in [0, 0.1) is 5.82 Å². The normalized spacial score (nSPS) is 14.0. The highest BCUT2D eigenvalue weighted by atomic mass is 35.5. The van der Waals surface area contributed by atoms with Crippen molar-refractivity contribution in [3.8, 4) is 11.6 Å². The fraction of sp³-hybridized carbons (Fsp3) is 0.538. The summed E-state index contributed by atoms with van der Waals surface area (Å²) in [5.41, 5.74) is -2.86. The molecule has 1 aliphatic rings. The minimum Gasteiger partial charge on any atom is -0.425 e. The number of hydrogen-bond donors (Lipinski definition) is 0. The molecule has 13 heteroatoms. The van der Waals surface area contributed by atoms with Crippen LogP contribution < -0.4 is 20.7 Å². The van der Waals surface area contributed by atoms with Crippen LogP contribution in [0.2, 0.25) is 5.02 Å². The molecular weight excluding hydrogens is 693 g/mol. The summed E-state index contributed by atoms with van der Waals surface area (Å²) in [6.07, 6.45) is 20.6. The summed E-state index contributed by atoms with van der Waals surface area (Å²) in [6.45, 7) is 2.59. The molecule has 1 atom stereocenters. The van der Waals surface area contributed by atoms with Gasteiger partial charge in [0.1, 0.15) is 11.3 Å². The van der Waals surface area contributed by atoms with E-state index in [1.807, 2.05) is 0 Å². The molecule has 3 aromatic rings. The quantitative estimate of drug-likeness (QED) is 0.0777. The minimum atomic E-state index is -1.43. The largest absolute Gasteiger partial charge is 0.425 e. The van der Waals surface area contributed by atoms with Gasteiger partial charge in [-0.2, -0.15) is 8.96 Å². The van der Waals surface area contributed by atoms with Crippen LogP contribution in [-0.4, -0.2) is 38.6 Å². The molecule has 11 nitrogen and oxygen atoms in total. The van der Waals surface area contributed by atoms with Gasteiger partial charge in [-0.3, -0.25) is 19.0 Å². The summed E-state index contributed by atoms with van der Waals surface area (Å²) in [6, 6.07) is 6.26. The van der Waals surface area contributed by atoms with Crippen molar-refractivity contribution in [1.82, 2.24) is 14.1 Å². The molecule has 0 aliphatic carbocycles. The number of carbonyl (C=O) groups excluding carboxylic acids is 3. The Morgan fingerprint density at radius 3 is 2.12 bits per heavy atom. The monoisotopic (exact) mass is 741 g/mol. The lowest BCUT2D eigenvalue weighted by atomic mass is 10.0. The highest BCUT2D eigenvalue weighted by Crippen LogP contribution is 2.28. The Labute approximate surface area is 308 Å². The number of aromatic nitrogens is 3. The van der Waals surface area contributed by atoms with Crippen LogP contribution in [0.4, 0.5) is 4.39 Å². The van der Waals surface area contributed by atoms with Crippen molar-refractivity contribution in [3.63, 3.8) is 0 Å². The Kier molecular flexibility index (Phi) is 16.7. The summed E-state index contributed by atoms with van der Waals surface area (Å²) in [5, 5.41) is 0.0476. The fourth-order valence-electron chi connectivity index (χ4n) is 6.12. The van der Waals surface area contributed by atoms with Crippen LogP contribution in [0.25, 0.3) is 0 Å². The second-order valence-electron chi connectivity index (χ2n) is 13.2. The summed E-state index contributed by atoms with van der Waals surface area (Å²) >= 11 is 6.19. The molecule has 1 fully saturated rings. The molecule has 0 N–H and O–H groups in total. The molecular formula is C39H49ClFN3O8. The molecule has 0 amide bonds. The number of ether oxygens (including phenoxy) is 3. The van der Waals surface area contributed by atoms with Gasteiger partial charge in [0.05, 0.1) is 18.0 Å². The van der Waals surface area contributed by atoms with Gasteiger partial charge >= 0.3 is 17.6 Å². The van der Waals surface area contributed by atoms with Gasteiger partial charge in [-0.15, -0.1) is 0 Å². The molecule has 1 unspecified atom stereocenters. The maximum absolute atomic E-state index is 14.5. The summed E-state index contributed by atoms with van der Waals surface area (Å²) in [5.74, 6) is -4.10. The Morgan fingerprint density at radius 2 is 1.50 bits per heavy atom. The van der Waals surface area contributed by atoms with E-state index in [0.717, 1.165) is 36.1 Å². The summed E-state index contributed by atoms with van der Waals surface area (Å²) < 4.78 is 31.7. The van der Waals surface area contributed by atoms with Gasteiger partial charge in [0, 0.05) is 24.7 Å². The molecule has 1 aliphatic heterocycles. The minimum absolute atomic E-state index is 0.0256. The molecule has 4 rings (SSSR count). The van der Waals surface area contributed by atoms with Crippen molar-refractivity contribution >= 4 is 29.4 Å². The third kappa shape index (κ3) is 12.2. The van der Waals surface area contributed by atoms with Crippen molar-refractivity contribution in [2.45, 2.75) is 129 Å².